The number of aliphatic hydroxyl groups is 1. The summed E-state index contributed by atoms with van der Waals surface area (Å²) < 4.78 is 5.74. The summed E-state index contributed by atoms with van der Waals surface area (Å²) in [5.74, 6) is -1.08. The number of carbonyl (C=O) groups excluding carboxylic acids is 2. The van der Waals surface area contributed by atoms with Crippen LogP contribution in [0.5, 0.6) is 5.75 Å². The number of pyridine rings is 1. The lowest BCUT2D eigenvalue weighted by molar-refractivity contribution is -0.132. The average molecular weight is 469 g/mol. The largest absolute Gasteiger partial charge is 0.507 e. The molecule has 1 fully saturated rings. The molecule has 176 valence electrons. The van der Waals surface area contributed by atoms with E-state index in [1.807, 2.05) is 39.0 Å². The molecular formula is C27H24N4O4. The van der Waals surface area contributed by atoms with Crippen molar-refractivity contribution in [2.24, 2.45) is 0 Å². The second-order valence-corrected chi connectivity index (χ2v) is 8.73. The number of amides is 1. The van der Waals surface area contributed by atoms with Crippen molar-refractivity contribution >= 4 is 34.4 Å². The predicted molar refractivity (Wildman–Crippen MR) is 132 cm³/mol. The zero-order valence-electron chi connectivity index (χ0n) is 19.5. The highest BCUT2D eigenvalue weighted by Gasteiger charge is 2.48. The van der Waals surface area contributed by atoms with Crippen molar-refractivity contribution < 1.29 is 19.4 Å². The molecule has 8 heteroatoms. The number of nitrogens with zero attached hydrogens (tertiary/aromatic N) is 3. The first-order valence-electron chi connectivity index (χ1n) is 11.3. The van der Waals surface area contributed by atoms with Gasteiger partial charge in [0.1, 0.15) is 11.5 Å². The first-order valence-corrected chi connectivity index (χ1v) is 11.3. The number of anilines is 1. The molecule has 3 heterocycles. The minimum absolute atomic E-state index is 0.0282. The number of rotatable bonds is 5. The zero-order chi connectivity index (χ0) is 24.7. The lowest BCUT2D eigenvalue weighted by Crippen LogP contribution is -2.30. The molecule has 2 aromatic carbocycles. The molecule has 1 aliphatic rings. The number of fused-ring (bicyclic) bond motifs is 1. The second kappa shape index (κ2) is 8.72. The molecule has 8 nitrogen and oxygen atoms in total. The van der Waals surface area contributed by atoms with Gasteiger partial charge in [0, 0.05) is 18.0 Å². The molecule has 1 atom stereocenters. The van der Waals surface area contributed by atoms with E-state index < -0.39 is 17.7 Å². The molecule has 0 radical (unpaired) electrons. The Hall–Kier alpha value is -4.46. The maximum atomic E-state index is 13.3. The lowest BCUT2D eigenvalue weighted by Gasteiger charge is -2.22. The number of H-pyrrole nitrogens is 1. The van der Waals surface area contributed by atoms with Crippen molar-refractivity contribution in [3.63, 3.8) is 0 Å². The Balaban J connectivity index is 1.68. The number of aliphatic hydroxyl groups excluding tert-OH is 1. The molecule has 1 saturated heterocycles. The van der Waals surface area contributed by atoms with E-state index in [1.54, 1.807) is 48.8 Å². The smallest absolute Gasteiger partial charge is 0.302 e. The Kier molecular flexibility index (Phi) is 5.56. The number of aromatic nitrogens is 3. The maximum absolute atomic E-state index is 13.3. The van der Waals surface area contributed by atoms with E-state index in [0.717, 1.165) is 11.1 Å². The van der Waals surface area contributed by atoms with Crippen molar-refractivity contribution in [1.29, 1.82) is 0 Å². The van der Waals surface area contributed by atoms with Crippen LogP contribution in [-0.4, -0.2) is 37.9 Å². The van der Waals surface area contributed by atoms with Crippen molar-refractivity contribution in [2.75, 3.05) is 4.90 Å². The van der Waals surface area contributed by atoms with Crippen molar-refractivity contribution in [1.82, 2.24) is 15.0 Å². The molecule has 0 saturated carbocycles. The fraction of sp³-hybridized carbons (Fsp3) is 0.185. The zero-order valence-corrected chi connectivity index (χ0v) is 19.5. The Morgan fingerprint density at radius 3 is 2.60 bits per heavy atom. The summed E-state index contributed by atoms with van der Waals surface area (Å²) in [7, 11) is 0. The summed E-state index contributed by atoms with van der Waals surface area (Å²) in [4.78, 5) is 39.7. The van der Waals surface area contributed by atoms with Crippen LogP contribution in [0.1, 0.15) is 36.6 Å². The van der Waals surface area contributed by atoms with Gasteiger partial charge in [-0.05, 0) is 68.3 Å². The Morgan fingerprint density at radius 2 is 1.86 bits per heavy atom. The topological polar surface area (TPSA) is 108 Å². The average Bonchev–Trinajstić information content (AvgIpc) is 3.36. The third-order valence-corrected chi connectivity index (χ3v) is 5.80. The number of ether oxygens (including phenoxy) is 1. The molecule has 5 rings (SSSR count). The summed E-state index contributed by atoms with van der Waals surface area (Å²) in [5.41, 5.74) is 3.41. The van der Waals surface area contributed by atoms with E-state index in [9.17, 15) is 14.7 Å². The first kappa shape index (κ1) is 22.3. The number of nitrogens with one attached hydrogen (secondary N) is 1. The summed E-state index contributed by atoms with van der Waals surface area (Å²) in [6, 6.07) is 15.0. The van der Waals surface area contributed by atoms with Gasteiger partial charge in [0.25, 0.3) is 5.78 Å². The van der Waals surface area contributed by atoms with Gasteiger partial charge in [-0.2, -0.15) is 0 Å². The third-order valence-electron chi connectivity index (χ3n) is 5.80. The van der Waals surface area contributed by atoms with Crippen LogP contribution in [-0.2, 0) is 9.59 Å². The Labute approximate surface area is 201 Å². The first-order chi connectivity index (χ1) is 16.8. The van der Waals surface area contributed by atoms with Gasteiger partial charge in [-0.1, -0.05) is 18.2 Å². The van der Waals surface area contributed by atoms with Crippen LogP contribution < -0.4 is 9.64 Å². The van der Waals surface area contributed by atoms with Crippen LogP contribution in [0.25, 0.3) is 16.8 Å². The number of benzene rings is 2. The van der Waals surface area contributed by atoms with Gasteiger partial charge >= 0.3 is 5.91 Å². The SMILES string of the molecule is Cc1ccc2nc(N3C(=O)C(=O)/C(=C(/O)c4cccc(OC(C)C)c4)C3c3ccncc3)[nH]c2c1. The predicted octanol–water partition coefficient (Wildman–Crippen LogP) is 4.68. The number of ketones is 1. The van der Waals surface area contributed by atoms with Crippen LogP contribution in [0.15, 0.2) is 72.6 Å². The summed E-state index contributed by atoms with van der Waals surface area (Å²) in [6.07, 6.45) is 3.09. The molecule has 2 aromatic heterocycles. The van der Waals surface area contributed by atoms with E-state index in [0.29, 0.717) is 22.4 Å². The number of hydrogen-bond donors (Lipinski definition) is 2. The monoisotopic (exact) mass is 468 g/mol. The standard InChI is InChI=1S/C27H24N4O4/c1-15(2)35-19-6-4-5-18(14-19)24(32)22-23(17-9-11-28-12-10-17)31(26(34)25(22)33)27-29-20-8-7-16(3)13-21(20)30-27/h4-15,23,32H,1-3H3,(H,29,30)/b24-22+. The molecule has 1 unspecified atom stereocenters. The fourth-order valence-electron chi connectivity index (χ4n) is 4.28. The van der Waals surface area contributed by atoms with E-state index in [4.69, 9.17) is 4.74 Å². The number of carbonyl (C=O) groups is 2. The maximum Gasteiger partial charge on any atom is 0.302 e. The molecule has 0 aliphatic carbocycles. The highest BCUT2D eigenvalue weighted by molar-refractivity contribution is 6.51. The van der Waals surface area contributed by atoms with Crippen LogP contribution in [0, 0.1) is 6.92 Å². The summed E-state index contributed by atoms with van der Waals surface area (Å²) >= 11 is 0. The van der Waals surface area contributed by atoms with Gasteiger partial charge in [0.15, 0.2) is 0 Å². The number of aryl methyl sites for hydroxylation is 1. The number of Topliss-reactive ketones (excluding diaryl/α,β-unsaturated/α-hetero) is 1. The lowest BCUT2D eigenvalue weighted by atomic mass is 9.96. The highest BCUT2D eigenvalue weighted by atomic mass is 16.5. The minimum Gasteiger partial charge on any atom is -0.507 e. The van der Waals surface area contributed by atoms with Gasteiger partial charge in [0.05, 0.1) is 28.8 Å². The van der Waals surface area contributed by atoms with Crippen LogP contribution in [0.3, 0.4) is 0 Å². The van der Waals surface area contributed by atoms with E-state index >= 15 is 0 Å². The number of imidazole rings is 1. The molecule has 0 spiro atoms. The second-order valence-electron chi connectivity index (χ2n) is 8.73. The van der Waals surface area contributed by atoms with Crippen LogP contribution >= 0.6 is 0 Å². The van der Waals surface area contributed by atoms with Gasteiger partial charge < -0.3 is 14.8 Å². The quantitative estimate of drug-likeness (QED) is 0.250. The Bertz CT molecular complexity index is 1470. The van der Waals surface area contributed by atoms with Crippen molar-refractivity contribution in [3.05, 3.63) is 89.3 Å². The van der Waals surface area contributed by atoms with E-state index in [1.165, 1.54) is 4.90 Å². The van der Waals surface area contributed by atoms with E-state index in [-0.39, 0.29) is 23.4 Å². The van der Waals surface area contributed by atoms with Gasteiger partial charge in [-0.3, -0.25) is 19.5 Å². The fourth-order valence-corrected chi connectivity index (χ4v) is 4.28. The molecule has 35 heavy (non-hydrogen) atoms. The van der Waals surface area contributed by atoms with Crippen molar-refractivity contribution in [2.45, 2.75) is 32.9 Å². The molecule has 1 aliphatic heterocycles. The molecule has 1 amide bonds. The van der Waals surface area contributed by atoms with Crippen LogP contribution in [0.2, 0.25) is 0 Å². The number of aromatic amines is 1. The third kappa shape index (κ3) is 4.03. The Morgan fingerprint density at radius 1 is 1.09 bits per heavy atom. The van der Waals surface area contributed by atoms with Crippen LogP contribution in [0.4, 0.5) is 5.95 Å². The molecule has 2 N–H and O–H groups in total. The normalized spacial score (nSPS) is 17.5. The van der Waals surface area contributed by atoms with Gasteiger partial charge in [-0.15, -0.1) is 0 Å². The molecule has 0 bridgehead atoms. The number of hydrogen-bond acceptors (Lipinski definition) is 6. The summed E-state index contributed by atoms with van der Waals surface area (Å²) in [6.45, 7) is 5.76. The van der Waals surface area contributed by atoms with Crippen molar-refractivity contribution in [3.8, 4) is 5.75 Å². The summed E-state index contributed by atoms with van der Waals surface area (Å²) in [5, 5.41) is 11.3. The molecule has 4 aromatic rings. The minimum atomic E-state index is -0.894. The molecular weight excluding hydrogens is 444 g/mol. The van der Waals surface area contributed by atoms with Gasteiger partial charge in [0.2, 0.25) is 5.95 Å². The van der Waals surface area contributed by atoms with E-state index in [2.05, 4.69) is 15.0 Å². The highest BCUT2D eigenvalue weighted by Crippen LogP contribution is 2.41. The van der Waals surface area contributed by atoms with Gasteiger partial charge in [-0.25, -0.2) is 4.98 Å².